The molecule has 82 valence electrons. The Labute approximate surface area is 77.7 Å². The van der Waals surface area contributed by atoms with E-state index in [1.54, 1.807) is 0 Å². The molecule has 8 nitrogen and oxygen atoms in total. The lowest BCUT2D eigenvalue weighted by atomic mass is 10.0. The van der Waals surface area contributed by atoms with E-state index in [2.05, 4.69) is 0 Å². The van der Waals surface area contributed by atoms with Gasteiger partial charge in [0.15, 0.2) is 12.2 Å². The smallest absolute Gasteiger partial charge is 0.335 e. The third-order valence-corrected chi connectivity index (χ3v) is 1.50. The first-order valence-corrected chi connectivity index (χ1v) is 3.47. The van der Waals surface area contributed by atoms with Crippen LogP contribution < -0.4 is 0 Å². The normalized spacial score (nSPS) is 19.4. The van der Waals surface area contributed by atoms with Crippen LogP contribution in [0.5, 0.6) is 0 Å². The molecule has 0 fully saturated rings. The fourth-order valence-electron chi connectivity index (χ4n) is 0.666. The number of rotatable bonds is 5. The summed E-state index contributed by atoms with van der Waals surface area (Å²) in [5.74, 6) is -3.68. The van der Waals surface area contributed by atoms with E-state index in [-0.39, 0.29) is 0 Å². The molecular formula is C6H10O8. The summed E-state index contributed by atoms with van der Waals surface area (Å²) in [4.78, 5) is 20.2. The molecule has 0 bridgehead atoms. The van der Waals surface area contributed by atoms with Crippen molar-refractivity contribution in [3.05, 3.63) is 0 Å². The molecule has 0 heterocycles. The maximum Gasteiger partial charge on any atom is 0.335 e. The Morgan fingerprint density at radius 3 is 1.07 bits per heavy atom. The Morgan fingerprint density at radius 2 is 0.929 bits per heavy atom. The summed E-state index contributed by atoms with van der Waals surface area (Å²) in [6.45, 7) is 0. The van der Waals surface area contributed by atoms with Crippen LogP contribution in [0.4, 0.5) is 0 Å². The average Bonchev–Trinajstić information content (AvgIpc) is 2.12. The van der Waals surface area contributed by atoms with E-state index in [1.165, 1.54) is 0 Å². The minimum absolute atomic E-state index is 1.84. The summed E-state index contributed by atoms with van der Waals surface area (Å²) in [5.41, 5.74) is 0. The summed E-state index contributed by atoms with van der Waals surface area (Å²) >= 11 is 0. The maximum absolute atomic E-state index is 10.1. The number of carbonyl (C=O) groups is 2. The van der Waals surface area contributed by atoms with Crippen LogP contribution >= 0.6 is 0 Å². The number of hydrogen-bond donors (Lipinski definition) is 6. The average molecular weight is 210 g/mol. The van der Waals surface area contributed by atoms with Crippen LogP contribution in [0.25, 0.3) is 0 Å². The van der Waals surface area contributed by atoms with Gasteiger partial charge in [-0.25, -0.2) is 9.59 Å². The van der Waals surface area contributed by atoms with Gasteiger partial charge in [-0.2, -0.15) is 0 Å². The monoisotopic (exact) mass is 210 g/mol. The van der Waals surface area contributed by atoms with Gasteiger partial charge in [0.05, 0.1) is 0 Å². The molecule has 0 saturated carbocycles. The van der Waals surface area contributed by atoms with Gasteiger partial charge in [0.2, 0.25) is 0 Å². The zero-order valence-corrected chi connectivity index (χ0v) is 6.81. The SMILES string of the molecule is O=C(O)[C@@H](O)[C@H](O)[C@H](O)[C@H](O)C(=O)O. The first kappa shape index (κ1) is 12.8. The van der Waals surface area contributed by atoms with Crippen LogP contribution in [-0.4, -0.2) is 67.0 Å². The molecule has 0 aliphatic heterocycles. The van der Waals surface area contributed by atoms with Gasteiger partial charge in [-0.15, -0.1) is 0 Å². The first-order valence-electron chi connectivity index (χ1n) is 3.47. The van der Waals surface area contributed by atoms with Gasteiger partial charge in [0, 0.05) is 0 Å². The summed E-state index contributed by atoms with van der Waals surface area (Å²) < 4.78 is 0. The van der Waals surface area contributed by atoms with Gasteiger partial charge < -0.3 is 30.6 Å². The third-order valence-electron chi connectivity index (χ3n) is 1.50. The van der Waals surface area contributed by atoms with Crippen molar-refractivity contribution in [1.82, 2.24) is 0 Å². The highest BCUT2D eigenvalue weighted by molar-refractivity contribution is 5.75. The summed E-state index contributed by atoms with van der Waals surface area (Å²) in [6, 6.07) is 0. The molecule has 0 saturated heterocycles. The molecule has 0 aliphatic carbocycles. The van der Waals surface area contributed by atoms with E-state index >= 15 is 0 Å². The highest BCUT2D eigenvalue weighted by Gasteiger charge is 2.37. The fraction of sp³-hybridized carbons (Fsp3) is 0.667. The van der Waals surface area contributed by atoms with Crippen molar-refractivity contribution in [3.8, 4) is 0 Å². The number of aliphatic hydroxyl groups excluding tert-OH is 4. The molecule has 0 aromatic rings. The predicted molar refractivity (Wildman–Crippen MR) is 39.3 cm³/mol. The van der Waals surface area contributed by atoms with Gasteiger partial charge in [0.1, 0.15) is 12.2 Å². The molecular weight excluding hydrogens is 200 g/mol. The maximum atomic E-state index is 10.1. The predicted octanol–water partition coefficient (Wildman–Crippen LogP) is -3.40. The summed E-state index contributed by atoms with van der Waals surface area (Å²) in [6.07, 6.45) is -9.28. The molecule has 14 heavy (non-hydrogen) atoms. The van der Waals surface area contributed by atoms with Crippen molar-refractivity contribution < 1.29 is 40.2 Å². The summed E-state index contributed by atoms with van der Waals surface area (Å²) in [5, 5.41) is 51.5. The van der Waals surface area contributed by atoms with Crippen LogP contribution in [0.15, 0.2) is 0 Å². The zero-order valence-electron chi connectivity index (χ0n) is 6.81. The quantitative estimate of drug-likeness (QED) is 0.274. The Kier molecular flexibility index (Phi) is 4.44. The summed E-state index contributed by atoms with van der Waals surface area (Å²) in [7, 11) is 0. The number of carboxylic acid groups (broad SMARTS) is 2. The van der Waals surface area contributed by atoms with Crippen molar-refractivity contribution in [2.45, 2.75) is 24.4 Å². The molecule has 0 aromatic heterocycles. The van der Waals surface area contributed by atoms with Gasteiger partial charge >= 0.3 is 11.9 Å². The second-order valence-corrected chi connectivity index (χ2v) is 2.55. The number of aliphatic carboxylic acids is 2. The lowest BCUT2D eigenvalue weighted by Gasteiger charge is -2.21. The van der Waals surface area contributed by atoms with Crippen molar-refractivity contribution in [3.63, 3.8) is 0 Å². The molecule has 0 aliphatic rings. The molecule has 0 aromatic carbocycles. The lowest BCUT2D eigenvalue weighted by Crippen LogP contribution is -2.49. The molecule has 0 unspecified atom stereocenters. The van der Waals surface area contributed by atoms with Crippen molar-refractivity contribution in [1.29, 1.82) is 0 Å². The number of aliphatic hydroxyl groups is 4. The van der Waals surface area contributed by atoms with Crippen molar-refractivity contribution in [2.75, 3.05) is 0 Å². The van der Waals surface area contributed by atoms with E-state index in [0.29, 0.717) is 0 Å². The highest BCUT2D eigenvalue weighted by Crippen LogP contribution is 2.05. The Hall–Kier alpha value is -1.22. The molecule has 0 amide bonds. The Balaban J connectivity index is 4.45. The molecule has 6 N–H and O–H groups in total. The molecule has 0 rings (SSSR count). The second kappa shape index (κ2) is 4.86. The topological polar surface area (TPSA) is 156 Å². The molecule has 0 radical (unpaired) electrons. The van der Waals surface area contributed by atoms with E-state index in [0.717, 1.165) is 0 Å². The van der Waals surface area contributed by atoms with Gasteiger partial charge in [0.25, 0.3) is 0 Å². The lowest BCUT2D eigenvalue weighted by molar-refractivity contribution is -0.172. The third kappa shape index (κ3) is 2.92. The Bertz CT molecular complexity index is 202. The first-order chi connectivity index (χ1) is 6.29. The van der Waals surface area contributed by atoms with E-state index < -0.39 is 36.4 Å². The van der Waals surface area contributed by atoms with Gasteiger partial charge in [-0.05, 0) is 0 Å². The van der Waals surface area contributed by atoms with Crippen LogP contribution in [0, 0.1) is 0 Å². The van der Waals surface area contributed by atoms with Crippen LogP contribution in [0.2, 0.25) is 0 Å². The number of hydrogen-bond acceptors (Lipinski definition) is 6. The highest BCUT2D eigenvalue weighted by atomic mass is 16.4. The van der Waals surface area contributed by atoms with Gasteiger partial charge in [-0.3, -0.25) is 0 Å². The molecule has 0 spiro atoms. The van der Waals surface area contributed by atoms with Crippen molar-refractivity contribution in [2.24, 2.45) is 0 Å². The molecule has 8 heteroatoms. The Morgan fingerprint density at radius 1 is 0.714 bits per heavy atom. The van der Waals surface area contributed by atoms with Crippen LogP contribution in [-0.2, 0) is 9.59 Å². The van der Waals surface area contributed by atoms with E-state index in [1.807, 2.05) is 0 Å². The fourth-order valence-corrected chi connectivity index (χ4v) is 0.666. The van der Waals surface area contributed by atoms with Gasteiger partial charge in [-0.1, -0.05) is 0 Å². The minimum atomic E-state index is -2.36. The molecule has 4 atom stereocenters. The van der Waals surface area contributed by atoms with E-state index in [9.17, 15) is 9.59 Å². The largest absolute Gasteiger partial charge is 0.479 e. The van der Waals surface area contributed by atoms with Crippen LogP contribution in [0.3, 0.4) is 0 Å². The minimum Gasteiger partial charge on any atom is -0.479 e. The second-order valence-electron chi connectivity index (χ2n) is 2.55. The standard InChI is InChI=1S/C6H10O8/c7-1(3(9)5(11)12)2(8)4(10)6(13)14/h1-4,7-10H,(H,11,12)(H,13,14)/t1-,2+,3-,4-/m0/s1. The van der Waals surface area contributed by atoms with Crippen LogP contribution in [0.1, 0.15) is 0 Å². The zero-order chi connectivity index (χ0) is 11.5. The number of carboxylic acids is 2. The van der Waals surface area contributed by atoms with E-state index in [4.69, 9.17) is 30.6 Å². The van der Waals surface area contributed by atoms with Crippen molar-refractivity contribution >= 4 is 11.9 Å².